The Bertz CT molecular complexity index is 1450. The summed E-state index contributed by atoms with van der Waals surface area (Å²) in [5.74, 6) is -0.112. The molecule has 9 nitrogen and oxygen atoms in total. The number of rotatable bonds is 6. The molecule has 0 bridgehead atoms. The number of hydrogen-bond donors (Lipinski definition) is 2. The van der Waals surface area contributed by atoms with Gasteiger partial charge in [0, 0.05) is 12.2 Å². The molecule has 1 heterocycles. The average molecular weight is 600 g/mol. The number of urea groups is 1. The molecule has 1 fully saturated rings. The third-order valence-corrected chi connectivity index (χ3v) is 6.48. The number of likely N-dealkylation sites (tertiary alicyclic amines) is 1. The van der Waals surface area contributed by atoms with E-state index in [0.29, 0.717) is 22.6 Å². The van der Waals surface area contributed by atoms with Crippen molar-refractivity contribution in [3.63, 3.8) is 0 Å². The van der Waals surface area contributed by atoms with Gasteiger partial charge in [0.25, 0.3) is 0 Å². The monoisotopic (exact) mass is 599 g/mol. The topological polar surface area (TPSA) is 106 Å². The van der Waals surface area contributed by atoms with E-state index in [2.05, 4.69) is 10.6 Å². The molecule has 1 unspecified atom stereocenters. The summed E-state index contributed by atoms with van der Waals surface area (Å²) < 4.78 is 55.7. The van der Waals surface area contributed by atoms with Gasteiger partial charge < -0.3 is 29.7 Å². The summed E-state index contributed by atoms with van der Waals surface area (Å²) in [7, 11) is 1.53. The van der Waals surface area contributed by atoms with Crippen LogP contribution in [0.5, 0.6) is 5.75 Å². The van der Waals surface area contributed by atoms with Crippen molar-refractivity contribution in [1.82, 2.24) is 10.2 Å². The van der Waals surface area contributed by atoms with Crippen LogP contribution < -0.4 is 15.4 Å². The number of carbonyl (C=O) groups is 3. The summed E-state index contributed by atoms with van der Waals surface area (Å²) in [6, 6.07) is 16.1. The first-order valence-corrected chi connectivity index (χ1v) is 13.4. The van der Waals surface area contributed by atoms with Crippen molar-refractivity contribution in [3.05, 3.63) is 83.9 Å². The highest BCUT2D eigenvalue weighted by atomic mass is 19.4. The van der Waals surface area contributed by atoms with E-state index in [4.69, 9.17) is 14.2 Å². The predicted octanol–water partition coefficient (Wildman–Crippen LogP) is 6.35. The third kappa shape index (κ3) is 8.40. The molecule has 12 heteroatoms. The molecular formula is C31H32F3N3O6. The lowest BCUT2D eigenvalue weighted by Crippen LogP contribution is -2.46. The van der Waals surface area contributed by atoms with Crippen molar-refractivity contribution in [2.45, 2.75) is 44.7 Å². The Morgan fingerprint density at radius 1 is 0.884 bits per heavy atom. The van der Waals surface area contributed by atoms with Crippen molar-refractivity contribution in [2.75, 3.05) is 25.5 Å². The zero-order valence-electron chi connectivity index (χ0n) is 24.0. The van der Waals surface area contributed by atoms with Crippen LogP contribution in [0.2, 0.25) is 0 Å². The van der Waals surface area contributed by atoms with Gasteiger partial charge in [0.2, 0.25) is 0 Å². The molecule has 3 aromatic rings. The van der Waals surface area contributed by atoms with Crippen LogP contribution in [0.15, 0.2) is 72.8 Å². The fraction of sp³-hybridized carbons (Fsp3) is 0.323. The van der Waals surface area contributed by atoms with Crippen molar-refractivity contribution < 1.29 is 41.8 Å². The quantitative estimate of drug-likeness (QED) is 0.320. The number of ether oxygens (including phenoxy) is 3. The number of amides is 3. The van der Waals surface area contributed by atoms with E-state index in [0.717, 1.165) is 12.1 Å². The van der Waals surface area contributed by atoms with E-state index in [-0.39, 0.29) is 18.7 Å². The molecule has 0 aliphatic carbocycles. The zero-order valence-corrected chi connectivity index (χ0v) is 24.0. The Morgan fingerprint density at radius 2 is 1.56 bits per heavy atom. The van der Waals surface area contributed by atoms with Crippen molar-refractivity contribution in [2.24, 2.45) is 0 Å². The summed E-state index contributed by atoms with van der Waals surface area (Å²) in [5.41, 5.74) is -0.0801. The Morgan fingerprint density at radius 3 is 2.16 bits per heavy atom. The maximum Gasteiger partial charge on any atom is 0.416 e. The molecule has 2 atom stereocenters. The lowest BCUT2D eigenvalue weighted by Gasteiger charge is -2.24. The number of hydrogen-bond acceptors (Lipinski definition) is 6. The average Bonchev–Trinajstić information content (AvgIpc) is 3.34. The number of halogens is 3. The summed E-state index contributed by atoms with van der Waals surface area (Å²) in [6.07, 6.45) is -6.02. The molecule has 3 amide bonds. The first-order chi connectivity index (χ1) is 20.2. The van der Waals surface area contributed by atoms with Crippen LogP contribution in [0.3, 0.4) is 0 Å². The van der Waals surface area contributed by atoms with Crippen molar-refractivity contribution >= 4 is 23.8 Å². The molecule has 228 valence electrons. The normalized spacial score (nSPS) is 16.8. The highest BCUT2D eigenvalue weighted by Crippen LogP contribution is 2.32. The molecule has 2 N–H and O–H groups in total. The maximum atomic E-state index is 13.1. The smallest absolute Gasteiger partial charge is 0.416 e. The molecule has 0 aromatic heterocycles. The standard InChI is InChI=1S/C31H32F3N3O6/c1-30(2,3)43-29(40)37-17-25(36-28(39)35-23-12-14-24(41-4)15-13-23)26(18-37)42-27(38)20-10-8-19(9-11-20)21-6-5-7-22(16-21)31(32,33)34/h5-16,25-26H,17-18H2,1-4H3,(H2,35,36,39)/t25?,26-/m0/s1. The van der Waals surface area contributed by atoms with Crippen LogP contribution in [0.4, 0.5) is 28.4 Å². The van der Waals surface area contributed by atoms with Gasteiger partial charge in [0.15, 0.2) is 0 Å². The zero-order chi connectivity index (χ0) is 31.4. The minimum Gasteiger partial charge on any atom is -0.497 e. The molecule has 3 aromatic carbocycles. The van der Waals surface area contributed by atoms with Crippen molar-refractivity contribution in [3.8, 4) is 16.9 Å². The van der Waals surface area contributed by atoms with Gasteiger partial charge in [0.05, 0.1) is 30.8 Å². The minimum atomic E-state index is -4.48. The number of esters is 1. The summed E-state index contributed by atoms with van der Waals surface area (Å²) >= 11 is 0. The van der Waals surface area contributed by atoms with Crippen LogP contribution >= 0.6 is 0 Å². The minimum absolute atomic E-state index is 0.0252. The van der Waals surface area contributed by atoms with Crippen molar-refractivity contribution in [1.29, 1.82) is 0 Å². The van der Waals surface area contributed by atoms with E-state index in [1.54, 1.807) is 51.1 Å². The molecule has 0 saturated carbocycles. The van der Waals surface area contributed by atoms with Gasteiger partial charge in [-0.05, 0) is 80.4 Å². The number of benzene rings is 3. The third-order valence-electron chi connectivity index (χ3n) is 6.48. The largest absolute Gasteiger partial charge is 0.497 e. The van der Waals surface area contributed by atoms with Crippen LogP contribution in [0.25, 0.3) is 11.1 Å². The van der Waals surface area contributed by atoms with Gasteiger partial charge in [-0.1, -0.05) is 24.3 Å². The molecule has 4 rings (SSSR count). The Hall–Kier alpha value is -4.74. The number of carbonyl (C=O) groups excluding carboxylic acids is 3. The van der Waals surface area contributed by atoms with Crippen LogP contribution in [-0.2, 0) is 15.7 Å². The fourth-order valence-corrected chi connectivity index (χ4v) is 4.40. The number of nitrogens with zero attached hydrogens (tertiary/aromatic N) is 1. The summed E-state index contributed by atoms with van der Waals surface area (Å²) in [6.45, 7) is 5.16. The highest BCUT2D eigenvalue weighted by Gasteiger charge is 2.40. The van der Waals surface area contributed by atoms with E-state index in [1.807, 2.05) is 0 Å². The van der Waals surface area contributed by atoms with Crippen LogP contribution in [-0.4, -0.2) is 60.9 Å². The highest BCUT2D eigenvalue weighted by molar-refractivity contribution is 5.91. The fourth-order valence-electron chi connectivity index (χ4n) is 4.40. The van der Waals surface area contributed by atoms with Crippen LogP contribution in [0.1, 0.15) is 36.7 Å². The van der Waals surface area contributed by atoms with Crippen LogP contribution in [0, 0.1) is 0 Å². The predicted molar refractivity (Wildman–Crippen MR) is 153 cm³/mol. The van der Waals surface area contributed by atoms with E-state index >= 15 is 0 Å². The second-order valence-corrected chi connectivity index (χ2v) is 10.9. The van der Waals surface area contributed by atoms with Gasteiger partial charge in [-0.15, -0.1) is 0 Å². The van der Waals surface area contributed by atoms with Gasteiger partial charge in [0.1, 0.15) is 17.5 Å². The van der Waals surface area contributed by atoms with E-state index in [1.165, 1.54) is 42.3 Å². The molecule has 1 aliphatic rings. The maximum absolute atomic E-state index is 13.1. The molecule has 0 spiro atoms. The van der Waals surface area contributed by atoms with Gasteiger partial charge in [-0.2, -0.15) is 13.2 Å². The van der Waals surface area contributed by atoms with Gasteiger partial charge in [-0.25, -0.2) is 14.4 Å². The first kappa shape index (κ1) is 31.2. The Kier molecular flexibility index (Phi) is 9.17. The van der Waals surface area contributed by atoms with Gasteiger partial charge >= 0.3 is 24.3 Å². The van der Waals surface area contributed by atoms with E-state index in [9.17, 15) is 27.6 Å². The molecular weight excluding hydrogens is 567 g/mol. The molecule has 1 saturated heterocycles. The summed E-state index contributed by atoms with van der Waals surface area (Å²) in [4.78, 5) is 40.0. The van der Waals surface area contributed by atoms with Gasteiger partial charge in [-0.3, -0.25) is 0 Å². The lowest BCUT2D eigenvalue weighted by atomic mass is 10.0. The molecule has 0 radical (unpaired) electrons. The second kappa shape index (κ2) is 12.6. The Balaban J connectivity index is 1.46. The number of methoxy groups -OCH3 is 1. The SMILES string of the molecule is COc1ccc(NC(=O)NC2CN(C(=O)OC(C)(C)C)C[C@@H]2OC(=O)c2ccc(-c3cccc(C(F)(F)F)c3)cc2)cc1. The van der Waals surface area contributed by atoms with E-state index < -0.39 is 47.6 Å². The Labute approximate surface area is 246 Å². The molecule has 43 heavy (non-hydrogen) atoms. The number of alkyl halides is 3. The molecule has 1 aliphatic heterocycles. The number of nitrogens with one attached hydrogen (secondary N) is 2. The first-order valence-electron chi connectivity index (χ1n) is 13.4. The number of anilines is 1. The second-order valence-electron chi connectivity index (χ2n) is 10.9. The lowest BCUT2D eigenvalue weighted by molar-refractivity contribution is -0.137. The summed E-state index contributed by atoms with van der Waals surface area (Å²) in [5, 5.41) is 5.45.